The van der Waals surface area contributed by atoms with Crippen molar-refractivity contribution in [3.8, 4) is 0 Å². The molecule has 0 amide bonds. The Morgan fingerprint density at radius 3 is 3.06 bits per heavy atom. The zero-order valence-corrected chi connectivity index (χ0v) is 10.8. The minimum atomic E-state index is -0.816. The highest BCUT2D eigenvalue weighted by Gasteiger charge is 2.39. The van der Waals surface area contributed by atoms with E-state index in [4.69, 9.17) is 4.74 Å². The fraction of sp³-hybridized carbons (Fsp3) is 0.667. The lowest BCUT2D eigenvalue weighted by molar-refractivity contribution is -0.0176. The van der Waals surface area contributed by atoms with Crippen LogP contribution in [0.25, 0.3) is 0 Å². The number of anilines is 2. The van der Waals surface area contributed by atoms with Crippen LogP contribution in [-0.2, 0) is 4.74 Å². The van der Waals surface area contributed by atoms with Gasteiger partial charge in [0, 0.05) is 32.3 Å². The van der Waals surface area contributed by atoms with Crippen molar-refractivity contribution < 1.29 is 9.84 Å². The third-order valence-corrected chi connectivity index (χ3v) is 3.23. The second-order valence-electron chi connectivity index (χ2n) is 4.52. The van der Waals surface area contributed by atoms with Crippen molar-refractivity contribution in [1.82, 2.24) is 9.97 Å². The standard InChI is InChI=1S/C12H20N4O2/c1-3-13-11-14-6-4-10(16-11)15-8-12(17)5-7-18-9(12)2/h4,6,9,17H,3,5,7-8H2,1-2H3,(H2,13,14,15,16). The van der Waals surface area contributed by atoms with Gasteiger partial charge in [0.1, 0.15) is 11.4 Å². The molecule has 3 N–H and O–H groups in total. The number of aliphatic hydroxyl groups is 1. The van der Waals surface area contributed by atoms with Gasteiger partial charge in [-0.1, -0.05) is 0 Å². The van der Waals surface area contributed by atoms with Crippen molar-refractivity contribution in [2.45, 2.75) is 32.0 Å². The van der Waals surface area contributed by atoms with Crippen LogP contribution < -0.4 is 10.6 Å². The summed E-state index contributed by atoms with van der Waals surface area (Å²) < 4.78 is 5.38. The summed E-state index contributed by atoms with van der Waals surface area (Å²) in [5.74, 6) is 1.29. The zero-order chi connectivity index (χ0) is 13.0. The van der Waals surface area contributed by atoms with Crippen LogP contribution in [0.4, 0.5) is 11.8 Å². The van der Waals surface area contributed by atoms with Crippen molar-refractivity contribution >= 4 is 11.8 Å². The molecule has 0 radical (unpaired) electrons. The summed E-state index contributed by atoms with van der Waals surface area (Å²) in [4.78, 5) is 8.39. The molecule has 18 heavy (non-hydrogen) atoms. The van der Waals surface area contributed by atoms with Gasteiger partial charge in [0.2, 0.25) is 5.95 Å². The van der Waals surface area contributed by atoms with Crippen molar-refractivity contribution in [2.24, 2.45) is 0 Å². The fourth-order valence-corrected chi connectivity index (χ4v) is 1.95. The minimum Gasteiger partial charge on any atom is -0.385 e. The van der Waals surface area contributed by atoms with Gasteiger partial charge in [0.15, 0.2) is 0 Å². The summed E-state index contributed by atoms with van der Waals surface area (Å²) in [5, 5.41) is 16.5. The van der Waals surface area contributed by atoms with E-state index in [0.717, 1.165) is 6.54 Å². The van der Waals surface area contributed by atoms with Gasteiger partial charge >= 0.3 is 0 Å². The second kappa shape index (κ2) is 5.49. The van der Waals surface area contributed by atoms with Crippen LogP contribution in [0.5, 0.6) is 0 Å². The average Bonchev–Trinajstić information content (AvgIpc) is 2.69. The van der Waals surface area contributed by atoms with Gasteiger partial charge in [-0.2, -0.15) is 4.98 Å². The average molecular weight is 252 g/mol. The molecule has 0 saturated carbocycles. The lowest BCUT2D eigenvalue weighted by Crippen LogP contribution is -2.43. The Morgan fingerprint density at radius 2 is 2.39 bits per heavy atom. The number of rotatable bonds is 5. The first-order valence-corrected chi connectivity index (χ1v) is 6.29. The Morgan fingerprint density at radius 1 is 1.56 bits per heavy atom. The van der Waals surface area contributed by atoms with Crippen LogP contribution in [0.15, 0.2) is 12.3 Å². The number of hydrogen-bond acceptors (Lipinski definition) is 6. The highest BCUT2D eigenvalue weighted by Crippen LogP contribution is 2.25. The molecule has 1 aliphatic heterocycles. The monoisotopic (exact) mass is 252 g/mol. The summed E-state index contributed by atoms with van der Waals surface area (Å²) >= 11 is 0. The molecule has 1 fully saturated rings. The van der Waals surface area contributed by atoms with E-state index in [-0.39, 0.29) is 6.10 Å². The predicted molar refractivity (Wildman–Crippen MR) is 69.7 cm³/mol. The molecule has 2 atom stereocenters. The summed E-state index contributed by atoms with van der Waals surface area (Å²) in [5.41, 5.74) is -0.816. The van der Waals surface area contributed by atoms with Gasteiger partial charge in [0.05, 0.1) is 6.10 Å². The third kappa shape index (κ3) is 2.88. The topological polar surface area (TPSA) is 79.3 Å². The van der Waals surface area contributed by atoms with Crippen molar-refractivity contribution in [3.05, 3.63) is 12.3 Å². The minimum absolute atomic E-state index is 0.153. The maximum atomic E-state index is 10.3. The molecule has 100 valence electrons. The van der Waals surface area contributed by atoms with Gasteiger partial charge in [-0.25, -0.2) is 4.98 Å². The lowest BCUT2D eigenvalue weighted by Gasteiger charge is -2.26. The molecule has 2 rings (SSSR count). The van der Waals surface area contributed by atoms with Crippen LogP contribution in [0.3, 0.4) is 0 Å². The van der Waals surface area contributed by atoms with Crippen LogP contribution >= 0.6 is 0 Å². The number of aromatic nitrogens is 2. The van der Waals surface area contributed by atoms with Crippen molar-refractivity contribution in [1.29, 1.82) is 0 Å². The molecule has 0 spiro atoms. The maximum absolute atomic E-state index is 10.3. The van der Waals surface area contributed by atoms with Gasteiger partial charge in [0.25, 0.3) is 0 Å². The SMILES string of the molecule is CCNc1nccc(NCC2(O)CCOC2C)n1. The van der Waals surface area contributed by atoms with E-state index in [1.165, 1.54) is 0 Å². The molecule has 1 aromatic heterocycles. The molecule has 2 unspecified atom stereocenters. The smallest absolute Gasteiger partial charge is 0.224 e. The van der Waals surface area contributed by atoms with Crippen LogP contribution in [0, 0.1) is 0 Å². The molecule has 0 aliphatic carbocycles. The second-order valence-corrected chi connectivity index (χ2v) is 4.52. The molecular formula is C12H20N4O2. The first-order valence-electron chi connectivity index (χ1n) is 6.29. The number of nitrogens with one attached hydrogen (secondary N) is 2. The Kier molecular flexibility index (Phi) is 3.98. The van der Waals surface area contributed by atoms with E-state index in [9.17, 15) is 5.11 Å². The van der Waals surface area contributed by atoms with E-state index in [1.54, 1.807) is 12.3 Å². The summed E-state index contributed by atoms with van der Waals surface area (Å²) in [6, 6.07) is 1.78. The van der Waals surface area contributed by atoms with E-state index in [1.807, 2.05) is 13.8 Å². The number of ether oxygens (including phenoxy) is 1. The zero-order valence-electron chi connectivity index (χ0n) is 10.8. The first-order chi connectivity index (χ1) is 8.64. The summed E-state index contributed by atoms with van der Waals surface area (Å²) in [6.45, 7) is 5.68. The van der Waals surface area contributed by atoms with Gasteiger partial charge < -0.3 is 20.5 Å². The van der Waals surface area contributed by atoms with Gasteiger partial charge in [-0.15, -0.1) is 0 Å². The molecule has 6 heteroatoms. The van der Waals surface area contributed by atoms with E-state index in [2.05, 4.69) is 20.6 Å². The summed E-state index contributed by atoms with van der Waals surface area (Å²) in [6.07, 6.45) is 2.18. The molecule has 0 bridgehead atoms. The molecule has 1 saturated heterocycles. The third-order valence-electron chi connectivity index (χ3n) is 3.23. The first kappa shape index (κ1) is 13.0. The van der Waals surface area contributed by atoms with Crippen LogP contribution in [0.1, 0.15) is 20.3 Å². The summed E-state index contributed by atoms with van der Waals surface area (Å²) in [7, 11) is 0. The molecule has 1 aromatic rings. The highest BCUT2D eigenvalue weighted by atomic mass is 16.5. The van der Waals surface area contributed by atoms with Crippen molar-refractivity contribution in [3.63, 3.8) is 0 Å². The predicted octanol–water partition coefficient (Wildman–Crippen LogP) is 0.860. The fourth-order valence-electron chi connectivity index (χ4n) is 1.95. The van der Waals surface area contributed by atoms with E-state index in [0.29, 0.717) is 31.3 Å². The largest absolute Gasteiger partial charge is 0.385 e. The Hall–Kier alpha value is -1.40. The Balaban J connectivity index is 1.95. The lowest BCUT2D eigenvalue weighted by atomic mass is 9.97. The van der Waals surface area contributed by atoms with E-state index < -0.39 is 5.60 Å². The Bertz CT molecular complexity index is 401. The Labute approximate surface area is 107 Å². The number of hydrogen-bond donors (Lipinski definition) is 3. The normalized spacial score (nSPS) is 27.2. The molecule has 6 nitrogen and oxygen atoms in total. The van der Waals surface area contributed by atoms with E-state index >= 15 is 0 Å². The van der Waals surface area contributed by atoms with Crippen molar-refractivity contribution in [2.75, 3.05) is 30.3 Å². The van der Waals surface area contributed by atoms with Crippen LogP contribution in [-0.4, -0.2) is 46.5 Å². The van der Waals surface area contributed by atoms with Crippen LogP contribution in [0.2, 0.25) is 0 Å². The quantitative estimate of drug-likeness (QED) is 0.721. The molecule has 0 aromatic carbocycles. The molecule has 2 heterocycles. The number of nitrogens with zero attached hydrogens (tertiary/aromatic N) is 2. The molecular weight excluding hydrogens is 232 g/mol. The highest BCUT2D eigenvalue weighted by molar-refractivity contribution is 5.39. The maximum Gasteiger partial charge on any atom is 0.224 e. The molecule has 1 aliphatic rings. The van der Waals surface area contributed by atoms with Gasteiger partial charge in [-0.05, 0) is 19.9 Å². The van der Waals surface area contributed by atoms with Gasteiger partial charge in [-0.3, -0.25) is 0 Å².